The lowest BCUT2D eigenvalue weighted by molar-refractivity contribution is 0.0952. The summed E-state index contributed by atoms with van der Waals surface area (Å²) in [6.45, 7) is 7.94. The first-order valence-electron chi connectivity index (χ1n) is 10.2. The number of amides is 1. The molecule has 2 aromatic heterocycles. The summed E-state index contributed by atoms with van der Waals surface area (Å²) in [6.07, 6.45) is 8.70. The maximum absolute atomic E-state index is 12.3. The molecule has 3 heterocycles. The first-order chi connectivity index (χ1) is 13.5. The van der Waals surface area contributed by atoms with Crippen LogP contribution >= 0.6 is 0 Å². The van der Waals surface area contributed by atoms with E-state index in [0.29, 0.717) is 24.1 Å². The highest BCUT2D eigenvalue weighted by atomic mass is 16.1. The standard InChI is InChI=1S/C21H32N6O/c1-16(2)20-22-10-13-27(20)12-5-9-23-21(28)17-7-8-19(24-14-17)25-18-6-4-11-26(3)15-18/h7-8,10,13-14,16,18H,4-6,9,11-12,15H2,1-3H3,(H,23,28)(H,24,25)/t18-/m0/s1. The number of aromatic nitrogens is 3. The molecule has 7 nitrogen and oxygen atoms in total. The second kappa shape index (κ2) is 9.68. The van der Waals surface area contributed by atoms with Crippen molar-refractivity contribution in [3.8, 4) is 0 Å². The number of hydrogen-bond acceptors (Lipinski definition) is 5. The Labute approximate surface area is 167 Å². The van der Waals surface area contributed by atoms with Gasteiger partial charge in [0, 0.05) is 50.2 Å². The summed E-state index contributed by atoms with van der Waals surface area (Å²) < 4.78 is 2.15. The number of imidazole rings is 1. The molecule has 152 valence electrons. The molecule has 0 radical (unpaired) electrons. The van der Waals surface area contributed by atoms with Gasteiger partial charge in [-0.15, -0.1) is 0 Å². The van der Waals surface area contributed by atoms with E-state index in [9.17, 15) is 4.79 Å². The van der Waals surface area contributed by atoms with Crippen LogP contribution in [0, 0.1) is 0 Å². The first-order valence-corrected chi connectivity index (χ1v) is 10.2. The van der Waals surface area contributed by atoms with Crippen LogP contribution < -0.4 is 10.6 Å². The molecule has 0 saturated carbocycles. The second-order valence-electron chi connectivity index (χ2n) is 7.92. The normalized spacial score (nSPS) is 17.6. The van der Waals surface area contributed by atoms with Crippen LogP contribution in [-0.4, -0.2) is 58.1 Å². The summed E-state index contributed by atoms with van der Waals surface area (Å²) >= 11 is 0. The molecule has 1 atom stereocenters. The Morgan fingerprint density at radius 1 is 1.32 bits per heavy atom. The van der Waals surface area contributed by atoms with Crippen molar-refractivity contribution in [3.05, 3.63) is 42.1 Å². The summed E-state index contributed by atoms with van der Waals surface area (Å²) in [5.41, 5.74) is 0.594. The molecule has 28 heavy (non-hydrogen) atoms. The lowest BCUT2D eigenvalue weighted by Crippen LogP contribution is -2.39. The van der Waals surface area contributed by atoms with Gasteiger partial charge < -0.3 is 20.1 Å². The average molecular weight is 385 g/mol. The van der Waals surface area contributed by atoms with Gasteiger partial charge in [0.1, 0.15) is 11.6 Å². The van der Waals surface area contributed by atoms with E-state index >= 15 is 0 Å². The van der Waals surface area contributed by atoms with E-state index in [1.54, 1.807) is 6.20 Å². The van der Waals surface area contributed by atoms with Crippen molar-refractivity contribution in [3.63, 3.8) is 0 Å². The zero-order valence-corrected chi connectivity index (χ0v) is 17.2. The maximum Gasteiger partial charge on any atom is 0.252 e. The van der Waals surface area contributed by atoms with Gasteiger partial charge in [0.15, 0.2) is 0 Å². The number of carbonyl (C=O) groups excluding carboxylic acids is 1. The third kappa shape index (κ3) is 5.55. The van der Waals surface area contributed by atoms with Crippen LogP contribution in [-0.2, 0) is 6.54 Å². The van der Waals surface area contributed by atoms with Gasteiger partial charge in [0.05, 0.1) is 5.56 Å². The number of hydrogen-bond donors (Lipinski definition) is 2. The van der Waals surface area contributed by atoms with Crippen LogP contribution in [0.25, 0.3) is 0 Å². The molecule has 7 heteroatoms. The van der Waals surface area contributed by atoms with Crippen LogP contribution in [0.5, 0.6) is 0 Å². The smallest absolute Gasteiger partial charge is 0.252 e. The molecule has 0 aromatic carbocycles. The molecule has 0 aliphatic carbocycles. The zero-order chi connectivity index (χ0) is 19.9. The van der Waals surface area contributed by atoms with E-state index in [1.807, 2.05) is 24.5 Å². The third-order valence-corrected chi connectivity index (χ3v) is 5.13. The highest BCUT2D eigenvalue weighted by Gasteiger charge is 2.17. The lowest BCUT2D eigenvalue weighted by atomic mass is 10.1. The number of likely N-dealkylation sites (tertiary alicyclic amines) is 1. The predicted octanol–water partition coefficient (Wildman–Crippen LogP) is 2.73. The van der Waals surface area contributed by atoms with Crippen LogP contribution in [0.3, 0.4) is 0 Å². The fourth-order valence-corrected chi connectivity index (χ4v) is 3.67. The lowest BCUT2D eigenvalue weighted by Gasteiger charge is -2.30. The Morgan fingerprint density at radius 3 is 2.89 bits per heavy atom. The van der Waals surface area contributed by atoms with Gasteiger partial charge in [-0.05, 0) is 45.0 Å². The monoisotopic (exact) mass is 384 g/mol. The van der Waals surface area contributed by atoms with Crippen LogP contribution in [0.15, 0.2) is 30.7 Å². The van der Waals surface area contributed by atoms with Crippen molar-refractivity contribution in [2.24, 2.45) is 0 Å². The first kappa shape index (κ1) is 20.3. The van der Waals surface area contributed by atoms with Gasteiger partial charge in [-0.25, -0.2) is 9.97 Å². The number of anilines is 1. The van der Waals surface area contributed by atoms with Crippen molar-refractivity contribution in [1.82, 2.24) is 24.8 Å². The van der Waals surface area contributed by atoms with Crippen molar-refractivity contribution < 1.29 is 4.79 Å². The van der Waals surface area contributed by atoms with Gasteiger partial charge in [-0.1, -0.05) is 13.8 Å². The minimum Gasteiger partial charge on any atom is -0.366 e. The molecule has 0 spiro atoms. The highest BCUT2D eigenvalue weighted by Crippen LogP contribution is 2.14. The number of nitrogens with zero attached hydrogens (tertiary/aromatic N) is 4. The maximum atomic E-state index is 12.3. The van der Waals surface area contributed by atoms with Crippen molar-refractivity contribution in [1.29, 1.82) is 0 Å². The van der Waals surface area contributed by atoms with Crippen LogP contribution in [0.1, 0.15) is 55.2 Å². The highest BCUT2D eigenvalue weighted by molar-refractivity contribution is 5.94. The second-order valence-corrected chi connectivity index (χ2v) is 7.92. The Bertz CT molecular complexity index is 755. The van der Waals surface area contributed by atoms with E-state index in [1.165, 1.54) is 6.42 Å². The minimum atomic E-state index is -0.0776. The molecular formula is C21H32N6O. The molecule has 0 bridgehead atoms. The van der Waals surface area contributed by atoms with Gasteiger partial charge in [-0.3, -0.25) is 4.79 Å². The van der Waals surface area contributed by atoms with Gasteiger partial charge in [0.25, 0.3) is 5.91 Å². The fraction of sp³-hybridized carbons (Fsp3) is 0.571. The Hall–Kier alpha value is -2.41. The van der Waals surface area contributed by atoms with Gasteiger partial charge in [0.2, 0.25) is 0 Å². The van der Waals surface area contributed by atoms with Crippen LogP contribution in [0.2, 0.25) is 0 Å². The predicted molar refractivity (Wildman–Crippen MR) is 112 cm³/mol. The van der Waals surface area contributed by atoms with E-state index in [2.05, 4.69) is 51.0 Å². The molecule has 1 saturated heterocycles. The number of pyridine rings is 1. The molecule has 1 aliphatic heterocycles. The zero-order valence-electron chi connectivity index (χ0n) is 17.2. The van der Waals surface area contributed by atoms with E-state index in [-0.39, 0.29) is 5.91 Å². The molecule has 1 amide bonds. The van der Waals surface area contributed by atoms with Crippen molar-refractivity contribution in [2.45, 2.75) is 51.6 Å². The number of aryl methyl sites for hydroxylation is 1. The Balaban J connectivity index is 1.42. The summed E-state index contributed by atoms with van der Waals surface area (Å²) in [5.74, 6) is 2.24. The van der Waals surface area contributed by atoms with Crippen LogP contribution in [0.4, 0.5) is 5.82 Å². The van der Waals surface area contributed by atoms with Crippen molar-refractivity contribution >= 4 is 11.7 Å². The SMILES string of the molecule is CC(C)c1nccn1CCCNC(=O)c1ccc(N[C@H]2CCCN(C)C2)nc1. The number of nitrogens with one attached hydrogen (secondary N) is 2. The third-order valence-electron chi connectivity index (χ3n) is 5.13. The topological polar surface area (TPSA) is 75.1 Å². The molecule has 1 aliphatic rings. The summed E-state index contributed by atoms with van der Waals surface area (Å²) in [6, 6.07) is 4.15. The number of rotatable bonds is 8. The number of carbonyl (C=O) groups is 1. The molecule has 2 N–H and O–H groups in total. The van der Waals surface area contributed by atoms with Crippen molar-refractivity contribution in [2.75, 3.05) is 32.0 Å². The largest absolute Gasteiger partial charge is 0.366 e. The summed E-state index contributed by atoms with van der Waals surface area (Å²) in [4.78, 5) is 23.5. The van der Waals surface area contributed by atoms with E-state index in [0.717, 1.165) is 44.1 Å². The van der Waals surface area contributed by atoms with E-state index in [4.69, 9.17) is 0 Å². The molecule has 2 aromatic rings. The molecule has 0 unspecified atom stereocenters. The molecule has 3 rings (SSSR count). The minimum absolute atomic E-state index is 0.0776. The van der Waals surface area contributed by atoms with E-state index < -0.39 is 0 Å². The average Bonchev–Trinajstić information content (AvgIpc) is 3.14. The quantitative estimate of drug-likeness (QED) is 0.685. The summed E-state index contributed by atoms with van der Waals surface area (Å²) in [7, 11) is 2.14. The van der Waals surface area contributed by atoms with Gasteiger partial charge in [-0.2, -0.15) is 0 Å². The molecular weight excluding hydrogens is 352 g/mol. The Kier molecular flexibility index (Phi) is 7.03. The summed E-state index contributed by atoms with van der Waals surface area (Å²) in [5, 5.41) is 6.44. The number of piperidine rings is 1. The fourth-order valence-electron chi connectivity index (χ4n) is 3.67. The Morgan fingerprint density at radius 2 is 2.18 bits per heavy atom. The molecule has 1 fully saturated rings. The number of likely N-dealkylation sites (N-methyl/N-ethyl adjacent to an activating group) is 1. The van der Waals surface area contributed by atoms with Gasteiger partial charge >= 0.3 is 0 Å².